The molecule has 0 aliphatic carbocycles. The van der Waals surface area contributed by atoms with E-state index in [1.165, 1.54) is 6.07 Å². The number of aromatic nitrogens is 2. The fourth-order valence-corrected chi connectivity index (χ4v) is 2.46. The van der Waals surface area contributed by atoms with E-state index in [0.29, 0.717) is 33.2 Å². The van der Waals surface area contributed by atoms with Crippen LogP contribution in [-0.4, -0.2) is 21.0 Å². The molecule has 0 radical (unpaired) electrons. The monoisotopic (exact) mass is 374 g/mol. The maximum atomic E-state index is 11.3. The van der Waals surface area contributed by atoms with Crippen LogP contribution >= 0.6 is 23.2 Å². The summed E-state index contributed by atoms with van der Waals surface area (Å²) in [5.74, 6) is -0.299. The zero-order valence-corrected chi connectivity index (χ0v) is 14.2. The number of carboxylic acids is 1. The van der Waals surface area contributed by atoms with Crippen molar-refractivity contribution in [2.45, 2.75) is 0 Å². The Labute approximate surface area is 153 Å². The molecule has 0 aliphatic heterocycles. The van der Waals surface area contributed by atoms with Gasteiger partial charge in [0.05, 0.1) is 22.0 Å². The molecular formula is C17H12Cl2N4O2. The van der Waals surface area contributed by atoms with Crippen molar-refractivity contribution in [2.75, 3.05) is 10.6 Å². The number of hydrogen-bond acceptors (Lipinski definition) is 5. The van der Waals surface area contributed by atoms with Gasteiger partial charge >= 0.3 is 5.97 Å². The van der Waals surface area contributed by atoms with Crippen LogP contribution in [0.4, 0.5) is 23.1 Å². The van der Waals surface area contributed by atoms with Gasteiger partial charge in [-0.15, -0.1) is 0 Å². The van der Waals surface area contributed by atoms with Crippen molar-refractivity contribution < 1.29 is 9.90 Å². The number of rotatable bonds is 5. The summed E-state index contributed by atoms with van der Waals surface area (Å²) >= 11 is 12.1. The summed E-state index contributed by atoms with van der Waals surface area (Å²) in [6.45, 7) is 0. The number of aromatic carboxylic acids is 1. The highest BCUT2D eigenvalue weighted by molar-refractivity contribution is 6.35. The van der Waals surface area contributed by atoms with E-state index in [1.807, 2.05) is 0 Å². The number of nitrogens with one attached hydrogen (secondary N) is 2. The van der Waals surface area contributed by atoms with Crippen molar-refractivity contribution >= 4 is 52.3 Å². The lowest BCUT2D eigenvalue weighted by Crippen LogP contribution is -2.05. The van der Waals surface area contributed by atoms with Gasteiger partial charge in [-0.2, -0.15) is 4.98 Å². The lowest BCUT2D eigenvalue weighted by atomic mass is 10.2. The van der Waals surface area contributed by atoms with Gasteiger partial charge in [-0.1, -0.05) is 35.3 Å². The predicted octanol–water partition coefficient (Wildman–Crippen LogP) is 4.97. The highest BCUT2D eigenvalue weighted by Crippen LogP contribution is 2.28. The Morgan fingerprint density at radius 1 is 1.00 bits per heavy atom. The van der Waals surface area contributed by atoms with E-state index in [0.717, 1.165) is 0 Å². The lowest BCUT2D eigenvalue weighted by Gasteiger charge is -2.11. The summed E-state index contributed by atoms with van der Waals surface area (Å²) in [4.78, 5) is 19.7. The Kier molecular flexibility index (Phi) is 5.02. The van der Waals surface area contributed by atoms with E-state index in [2.05, 4.69) is 20.6 Å². The van der Waals surface area contributed by atoms with Crippen LogP contribution in [0.3, 0.4) is 0 Å². The SMILES string of the molecule is O=C(O)c1ccccc1Nc1ccnc(Nc2cc(Cl)ccc2Cl)n1. The van der Waals surface area contributed by atoms with Crippen LogP contribution < -0.4 is 10.6 Å². The van der Waals surface area contributed by atoms with Crippen LogP contribution in [0.25, 0.3) is 0 Å². The molecule has 126 valence electrons. The molecule has 1 heterocycles. The van der Waals surface area contributed by atoms with Gasteiger partial charge in [0.15, 0.2) is 0 Å². The summed E-state index contributed by atoms with van der Waals surface area (Å²) in [5, 5.41) is 16.2. The Bertz CT molecular complexity index is 934. The van der Waals surface area contributed by atoms with Crippen molar-refractivity contribution in [1.82, 2.24) is 9.97 Å². The van der Waals surface area contributed by atoms with Crippen molar-refractivity contribution in [3.63, 3.8) is 0 Å². The second kappa shape index (κ2) is 7.38. The van der Waals surface area contributed by atoms with Gasteiger partial charge in [0.25, 0.3) is 0 Å². The zero-order valence-electron chi connectivity index (χ0n) is 12.7. The Balaban J connectivity index is 1.85. The molecule has 0 aliphatic rings. The lowest BCUT2D eigenvalue weighted by molar-refractivity contribution is 0.0698. The number of nitrogens with zero attached hydrogens (tertiary/aromatic N) is 2. The predicted molar refractivity (Wildman–Crippen MR) is 98.5 cm³/mol. The number of carbonyl (C=O) groups is 1. The van der Waals surface area contributed by atoms with Crippen LogP contribution in [0.1, 0.15) is 10.4 Å². The average Bonchev–Trinajstić information content (AvgIpc) is 2.59. The highest BCUT2D eigenvalue weighted by atomic mass is 35.5. The van der Waals surface area contributed by atoms with Crippen molar-refractivity contribution in [3.05, 3.63) is 70.3 Å². The minimum absolute atomic E-state index is 0.147. The molecular weight excluding hydrogens is 363 g/mol. The van der Waals surface area contributed by atoms with Gasteiger partial charge in [0, 0.05) is 11.2 Å². The van der Waals surface area contributed by atoms with Crippen LogP contribution in [0.15, 0.2) is 54.7 Å². The smallest absolute Gasteiger partial charge is 0.337 e. The molecule has 0 unspecified atom stereocenters. The Hall–Kier alpha value is -2.83. The second-order valence-corrected chi connectivity index (χ2v) is 5.83. The maximum Gasteiger partial charge on any atom is 0.337 e. The molecule has 0 saturated heterocycles. The number of para-hydroxylation sites is 1. The molecule has 0 spiro atoms. The third kappa shape index (κ3) is 4.17. The van der Waals surface area contributed by atoms with E-state index in [9.17, 15) is 9.90 Å². The molecule has 25 heavy (non-hydrogen) atoms. The van der Waals surface area contributed by atoms with E-state index in [4.69, 9.17) is 23.2 Å². The fraction of sp³-hybridized carbons (Fsp3) is 0. The first-order chi connectivity index (χ1) is 12.0. The molecule has 3 rings (SSSR count). The topological polar surface area (TPSA) is 87.1 Å². The van der Waals surface area contributed by atoms with E-state index >= 15 is 0 Å². The molecule has 1 aromatic heterocycles. The van der Waals surface area contributed by atoms with Crippen LogP contribution in [0, 0.1) is 0 Å². The summed E-state index contributed by atoms with van der Waals surface area (Å²) < 4.78 is 0. The number of carboxylic acid groups (broad SMARTS) is 1. The number of hydrogen-bond donors (Lipinski definition) is 3. The normalized spacial score (nSPS) is 10.3. The standard InChI is InChI=1S/C17H12Cl2N4O2/c18-10-5-6-12(19)14(9-10)22-17-20-8-7-15(23-17)21-13-4-2-1-3-11(13)16(24)25/h1-9H,(H,24,25)(H2,20,21,22,23). The third-order valence-corrected chi connectivity index (χ3v) is 3.82. The molecule has 0 saturated carbocycles. The second-order valence-electron chi connectivity index (χ2n) is 4.99. The molecule has 0 fully saturated rings. The van der Waals surface area contributed by atoms with E-state index in [1.54, 1.807) is 48.7 Å². The number of benzene rings is 2. The van der Waals surface area contributed by atoms with Crippen molar-refractivity contribution in [2.24, 2.45) is 0 Å². The first kappa shape index (κ1) is 17.0. The molecule has 6 nitrogen and oxygen atoms in total. The highest BCUT2D eigenvalue weighted by Gasteiger charge is 2.10. The van der Waals surface area contributed by atoms with Crippen molar-refractivity contribution in [1.29, 1.82) is 0 Å². The Morgan fingerprint density at radius 2 is 1.80 bits per heavy atom. The first-order valence-electron chi connectivity index (χ1n) is 7.17. The summed E-state index contributed by atoms with van der Waals surface area (Å²) in [6, 6.07) is 13.2. The van der Waals surface area contributed by atoms with Gasteiger partial charge in [0.2, 0.25) is 5.95 Å². The minimum Gasteiger partial charge on any atom is -0.478 e. The van der Waals surface area contributed by atoms with Crippen LogP contribution in [-0.2, 0) is 0 Å². The molecule has 2 aromatic carbocycles. The third-order valence-electron chi connectivity index (χ3n) is 3.25. The number of anilines is 4. The fourth-order valence-electron chi connectivity index (χ4n) is 2.12. The van der Waals surface area contributed by atoms with Gasteiger partial charge in [-0.05, 0) is 36.4 Å². The molecule has 3 N–H and O–H groups in total. The zero-order chi connectivity index (χ0) is 17.8. The minimum atomic E-state index is -1.03. The molecule has 0 atom stereocenters. The van der Waals surface area contributed by atoms with Gasteiger partial charge in [0.1, 0.15) is 5.82 Å². The molecule has 0 amide bonds. The van der Waals surface area contributed by atoms with E-state index in [-0.39, 0.29) is 5.56 Å². The quantitative estimate of drug-likeness (QED) is 0.584. The van der Waals surface area contributed by atoms with Gasteiger partial charge < -0.3 is 15.7 Å². The summed E-state index contributed by atoms with van der Waals surface area (Å²) in [7, 11) is 0. The largest absolute Gasteiger partial charge is 0.478 e. The molecule has 3 aromatic rings. The molecule has 8 heteroatoms. The van der Waals surface area contributed by atoms with Crippen molar-refractivity contribution in [3.8, 4) is 0 Å². The summed E-state index contributed by atoms with van der Waals surface area (Å²) in [6.07, 6.45) is 1.54. The maximum absolute atomic E-state index is 11.3. The molecule has 0 bridgehead atoms. The first-order valence-corrected chi connectivity index (χ1v) is 7.93. The van der Waals surface area contributed by atoms with Crippen LogP contribution in [0.2, 0.25) is 10.0 Å². The van der Waals surface area contributed by atoms with Crippen LogP contribution in [0.5, 0.6) is 0 Å². The van der Waals surface area contributed by atoms with E-state index < -0.39 is 5.97 Å². The number of halogens is 2. The van der Waals surface area contributed by atoms with Gasteiger partial charge in [-0.3, -0.25) is 0 Å². The Morgan fingerprint density at radius 3 is 2.60 bits per heavy atom. The average molecular weight is 375 g/mol. The van der Waals surface area contributed by atoms with Gasteiger partial charge in [-0.25, -0.2) is 9.78 Å². The summed E-state index contributed by atoms with van der Waals surface area (Å²) in [5.41, 5.74) is 1.14.